The van der Waals surface area contributed by atoms with Gasteiger partial charge in [0, 0.05) is 0 Å². The minimum absolute atomic E-state index is 0.218. The summed E-state index contributed by atoms with van der Waals surface area (Å²) in [6.07, 6.45) is -5.04. The second-order valence-corrected chi connectivity index (χ2v) is 3.28. The first-order valence-corrected chi connectivity index (χ1v) is 5.10. The molecule has 0 unspecified atom stereocenters. The fourth-order valence-corrected chi connectivity index (χ4v) is 1.32. The monoisotopic (exact) mass is 300 g/mol. The molecule has 0 aliphatic carbocycles. The van der Waals surface area contributed by atoms with Crippen molar-refractivity contribution in [3.05, 3.63) is 29.6 Å². The van der Waals surface area contributed by atoms with Gasteiger partial charge in [-0.25, -0.2) is 4.39 Å². The van der Waals surface area contributed by atoms with Crippen molar-refractivity contribution < 1.29 is 27.1 Å². The molecule has 1 aromatic carbocycles. The van der Waals surface area contributed by atoms with Crippen LogP contribution in [0.25, 0.3) is 0 Å². The van der Waals surface area contributed by atoms with Gasteiger partial charge < -0.3 is 4.74 Å². The third-order valence-electron chi connectivity index (χ3n) is 1.61. The fraction of sp³-hybridized carbons (Fsp3) is 0.222. The molecule has 0 atom stereocenters. The molecule has 0 radical (unpaired) electrons. The predicted molar refractivity (Wildman–Crippen MR) is 51.2 cm³/mol. The normalized spacial score (nSPS) is 11.3. The largest absolute Gasteiger partial charge is 0.573 e. The van der Waals surface area contributed by atoms with E-state index in [1.54, 1.807) is 0 Å². The first kappa shape index (κ1) is 13.0. The van der Waals surface area contributed by atoms with Crippen LogP contribution < -0.4 is 4.74 Å². The number of carbonyl (C=O) groups is 1. The van der Waals surface area contributed by atoms with E-state index in [2.05, 4.69) is 20.7 Å². The van der Waals surface area contributed by atoms with Gasteiger partial charge in [-0.1, -0.05) is 22.0 Å². The van der Waals surface area contributed by atoms with E-state index in [4.69, 9.17) is 0 Å². The number of carbonyl (C=O) groups excluding carboxylic acids is 1. The molecule has 88 valence electrons. The van der Waals surface area contributed by atoms with Gasteiger partial charge in [0.1, 0.15) is 0 Å². The van der Waals surface area contributed by atoms with E-state index < -0.39 is 29.3 Å². The summed E-state index contributed by atoms with van der Waals surface area (Å²) in [4.78, 5) is 11.2. The van der Waals surface area contributed by atoms with Crippen LogP contribution in [-0.2, 0) is 0 Å². The molecule has 0 N–H and O–H groups in total. The van der Waals surface area contributed by atoms with Crippen molar-refractivity contribution in [1.29, 1.82) is 0 Å². The minimum atomic E-state index is -5.04. The molecular formula is C9H5BrF4O2. The number of hydrogen-bond acceptors (Lipinski definition) is 2. The fourth-order valence-electron chi connectivity index (χ4n) is 1.02. The lowest BCUT2D eigenvalue weighted by Crippen LogP contribution is -2.20. The Kier molecular flexibility index (Phi) is 3.90. The van der Waals surface area contributed by atoms with Crippen LogP contribution in [0.5, 0.6) is 5.75 Å². The lowest BCUT2D eigenvalue weighted by Gasteiger charge is -2.12. The maximum atomic E-state index is 13.1. The van der Waals surface area contributed by atoms with E-state index in [1.807, 2.05) is 0 Å². The van der Waals surface area contributed by atoms with Gasteiger partial charge in [-0.3, -0.25) is 4.79 Å². The highest BCUT2D eigenvalue weighted by Gasteiger charge is 2.34. The Morgan fingerprint density at radius 2 is 2.00 bits per heavy atom. The van der Waals surface area contributed by atoms with Crippen LogP contribution in [0.1, 0.15) is 10.4 Å². The quantitative estimate of drug-likeness (QED) is 0.486. The summed E-state index contributed by atoms with van der Waals surface area (Å²) in [5.74, 6) is -3.03. The van der Waals surface area contributed by atoms with Gasteiger partial charge in [0.25, 0.3) is 0 Å². The molecule has 0 bridgehead atoms. The topological polar surface area (TPSA) is 26.3 Å². The standard InChI is InChI=1S/C9H5BrF4O2/c10-4-7(15)5-2-1-3-6(11)8(5)16-9(12,13)14/h1-3H,4H2. The first-order chi connectivity index (χ1) is 7.35. The Morgan fingerprint density at radius 3 is 2.50 bits per heavy atom. The number of ether oxygens (including phenoxy) is 1. The average Bonchev–Trinajstić information content (AvgIpc) is 2.18. The zero-order valence-electron chi connectivity index (χ0n) is 7.65. The minimum Gasteiger partial charge on any atom is -0.402 e. The zero-order chi connectivity index (χ0) is 12.3. The third-order valence-corrected chi connectivity index (χ3v) is 2.12. The van der Waals surface area contributed by atoms with E-state index in [1.165, 1.54) is 0 Å². The van der Waals surface area contributed by atoms with Gasteiger partial charge in [0.2, 0.25) is 0 Å². The molecule has 1 rings (SSSR count). The molecule has 7 heteroatoms. The second-order valence-electron chi connectivity index (χ2n) is 2.72. The Morgan fingerprint density at radius 1 is 1.38 bits per heavy atom. The summed E-state index contributed by atoms with van der Waals surface area (Å²) >= 11 is 2.78. The maximum absolute atomic E-state index is 13.1. The van der Waals surface area contributed by atoms with Crippen molar-refractivity contribution in [2.75, 3.05) is 5.33 Å². The number of ketones is 1. The lowest BCUT2D eigenvalue weighted by molar-refractivity contribution is -0.275. The number of para-hydroxylation sites is 1. The molecule has 0 saturated heterocycles. The van der Waals surface area contributed by atoms with Crippen molar-refractivity contribution in [1.82, 2.24) is 0 Å². The molecule has 16 heavy (non-hydrogen) atoms. The van der Waals surface area contributed by atoms with Crippen molar-refractivity contribution in [3.8, 4) is 5.75 Å². The summed E-state index contributed by atoms with van der Waals surface area (Å²) in [6, 6.07) is 2.98. The van der Waals surface area contributed by atoms with Crippen molar-refractivity contribution in [2.24, 2.45) is 0 Å². The Labute approximate surface area is 96.3 Å². The van der Waals surface area contributed by atoms with Crippen LogP contribution in [0.3, 0.4) is 0 Å². The summed E-state index contributed by atoms with van der Waals surface area (Å²) in [7, 11) is 0. The molecule has 0 heterocycles. The van der Waals surface area contributed by atoms with Crippen LogP contribution in [-0.4, -0.2) is 17.5 Å². The molecule has 0 aromatic heterocycles. The molecule has 0 fully saturated rings. The van der Waals surface area contributed by atoms with E-state index in [-0.39, 0.29) is 5.33 Å². The lowest BCUT2D eigenvalue weighted by atomic mass is 10.1. The Balaban J connectivity index is 3.19. The third kappa shape index (κ3) is 3.19. The molecule has 0 aliphatic heterocycles. The molecular weight excluding hydrogens is 296 g/mol. The van der Waals surface area contributed by atoms with E-state index >= 15 is 0 Å². The smallest absolute Gasteiger partial charge is 0.402 e. The van der Waals surface area contributed by atoms with Crippen LogP contribution in [0.15, 0.2) is 18.2 Å². The van der Waals surface area contributed by atoms with Gasteiger partial charge in [-0.15, -0.1) is 13.2 Å². The van der Waals surface area contributed by atoms with Gasteiger partial charge in [-0.05, 0) is 12.1 Å². The highest BCUT2D eigenvalue weighted by atomic mass is 79.9. The Bertz CT molecular complexity index is 403. The zero-order valence-corrected chi connectivity index (χ0v) is 9.23. The van der Waals surface area contributed by atoms with Crippen molar-refractivity contribution >= 4 is 21.7 Å². The van der Waals surface area contributed by atoms with Crippen molar-refractivity contribution in [2.45, 2.75) is 6.36 Å². The highest BCUT2D eigenvalue weighted by Crippen LogP contribution is 2.29. The van der Waals surface area contributed by atoms with Crippen LogP contribution in [0, 0.1) is 5.82 Å². The molecule has 2 nitrogen and oxygen atoms in total. The van der Waals surface area contributed by atoms with Crippen LogP contribution in [0.4, 0.5) is 17.6 Å². The SMILES string of the molecule is O=C(CBr)c1cccc(F)c1OC(F)(F)F. The van der Waals surface area contributed by atoms with Crippen LogP contribution in [0.2, 0.25) is 0 Å². The Hall–Kier alpha value is -1.11. The number of alkyl halides is 4. The number of benzene rings is 1. The maximum Gasteiger partial charge on any atom is 0.573 e. The summed E-state index contributed by atoms with van der Waals surface area (Å²) < 4.78 is 52.4. The predicted octanol–water partition coefficient (Wildman–Crippen LogP) is 3.30. The van der Waals surface area contributed by atoms with Gasteiger partial charge in [-0.2, -0.15) is 0 Å². The summed E-state index contributed by atoms with van der Waals surface area (Å²) in [6.45, 7) is 0. The summed E-state index contributed by atoms with van der Waals surface area (Å²) in [5, 5.41) is -0.218. The van der Waals surface area contributed by atoms with E-state index in [0.717, 1.165) is 18.2 Å². The number of halogens is 5. The van der Waals surface area contributed by atoms with E-state index in [0.29, 0.717) is 0 Å². The molecule has 0 saturated carbocycles. The molecule has 0 amide bonds. The molecule has 1 aromatic rings. The number of Topliss-reactive ketones (excluding diaryl/α,β-unsaturated/α-hetero) is 1. The van der Waals surface area contributed by atoms with E-state index in [9.17, 15) is 22.4 Å². The average molecular weight is 301 g/mol. The van der Waals surface area contributed by atoms with Gasteiger partial charge >= 0.3 is 6.36 Å². The van der Waals surface area contributed by atoms with Crippen molar-refractivity contribution in [3.63, 3.8) is 0 Å². The number of hydrogen-bond donors (Lipinski definition) is 0. The highest BCUT2D eigenvalue weighted by molar-refractivity contribution is 9.09. The molecule has 0 aliphatic rings. The van der Waals surface area contributed by atoms with Crippen LogP contribution >= 0.6 is 15.9 Å². The molecule has 0 spiro atoms. The first-order valence-electron chi connectivity index (χ1n) is 3.98. The summed E-state index contributed by atoms with van der Waals surface area (Å²) in [5.41, 5.74) is -0.450. The number of rotatable bonds is 3. The van der Waals surface area contributed by atoms with Gasteiger partial charge in [0.15, 0.2) is 17.3 Å². The van der Waals surface area contributed by atoms with Gasteiger partial charge in [0.05, 0.1) is 10.9 Å². The second kappa shape index (κ2) is 4.82.